The van der Waals surface area contributed by atoms with E-state index in [0.717, 1.165) is 32.5 Å². The predicted molar refractivity (Wildman–Crippen MR) is 92.4 cm³/mol. The van der Waals surface area contributed by atoms with Gasteiger partial charge in [-0.1, -0.05) is 6.92 Å². The molecule has 0 radical (unpaired) electrons. The lowest BCUT2D eigenvalue weighted by Gasteiger charge is -2.35. The van der Waals surface area contributed by atoms with Crippen molar-refractivity contribution in [3.63, 3.8) is 0 Å². The number of likely N-dealkylation sites (N-methyl/N-ethyl adjacent to an activating group) is 1. The van der Waals surface area contributed by atoms with Crippen molar-refractivity contribution in [2.45, 2.75) is 64.0 Å². The van der Waals surface area contributed by atoms with Crippen LogP contribution in [-0.2, 0) is 9.59 Å². The van der Waals surface area contributed by atoms with E-state index in [1.54, 1.807) is 0 Å². The number of likely N-dealkylation sites (tertiary alicyclic amines) is 3. The zero-order valence-corrected chi connectivity index (χ0v) is 15.0. The molecule has 5 nitrogen and oxygen atoms in total. The van der Waals surface area contributed by atoms with Crippen molar-refractivity contribution < 1.29 is 9.59 Å². The molecule has 0 unspecified atom stereocenters. The van der Waals surface area contributed by atoms with E-state index in [4.69, 9.17) is 0 Å². The molecule has 24 heavy (non-hydrogen) atoms. The van der Waals surface area contributed by atoms with Crippen molar-refractivity contribution >= 4 is 11.8 Å². The number of carbonyl (C=O) groups is 2. The Morgan fingerprint density at radius 1 is 1.08 bits per heavy atom. The molecule has 3 aliphatic heterocycles. The van der Waals surface area contributed by atoms with Gasteiger partial charge in [0, 0.05) is 38.1 Å². The minimum Gasteiger partial charge on any atom is -0.342 e. The van der Waals surface area contributed by atoms with Crippen molar-refractivity contribution in [1.82, 2.24) is 14.7 Å². The lowest BCUT2D eigenvalue weighted by molar-refractivity contribution is -0.137. The summed E-state index contributed by atoms with van der Waals surface area (Å²) in [5.74, 6) is 1.08. The fraction of sp³-hybridized carbons (Fsp3) is 0.895. The first-order chi connectivity index (χ1) is 11.7. The zero-order valence-electron chi connectivity index (χ0n) is 15.0. The lowest BCUT2D eigenvalue weighted by atomic mass is 10.0. The molecule has 0 aromatic carbocycles. The predicted octanol–water partition coefficient (Wildman–Crippen LogP) is 1.72. The van der Waals surface area contributed by atoms with E-state index in [-0.39, 0.29) is 17.7 Å². The summed E-state index contributed by atoms with van der Waals surface area (Å²) in [7, 11) is 0. The van der Waals surface area contributed by atoms with Gasteiger partial charge in [0.05, 0.1) is 5.92 Å². The Balaban J connectivity index is 1.40. The smallest absolute Gasteiger partial charge is 0.228 e. The van der Waals surface area contributed by atoms with E-state index in [1.165, 1.54) is 32.2 Å². The van der Waals surface area contributed by atoms with Crippen molar-refractivity contribution in [3.8, 4) is 0 Å². The number of hydrogen-bond donors (Lipinski definition) is 0. The van der Waals surface area contributed by atoms with Gasteiger partial charge in [-0.2, -0.15) is 0 Å². The van der Waals surface area contributed by atoms with Gasteiger partial charge in [0.25, 0.3) is 0 Å². The molecule has 3 heterocycles. The Kier molecular flexibility index (Phi) is 4.54. The summed E-state index contributed by atoms with van der Waals surface area (Å²) < 4.78 is 0. The van der Waals surface area contributed by atoms with Gasteiger partial charge < -0.3 is 9.80 Å². The topological polar surface area (TPSA) is 43.9 Å². The molecule has 0 spiro atoms. The van der Waals surface area contributed by atoms with Crippen molar-refractivity contribution in [2.24, 2.45) is 11.8 Å². The lowest BCUT2D eigenvalue weighted by Crippen LogP contribution is -2.50. The van der Waals surface area contributed by atoms with Gasteiger partial charge in [-0.25, -0.2) is 0 Å². The quantitative estimate of drug-likeness (QED) is 0.769. The van der Waals surface area contributed by atoms with Crippen LogP contribution in [0.2, 0.25) is 0 Å². The molecule has 3 saturated heterocycles. The minimum absolute atomic E-state index is 0.0895. The van der Waals surface area contributed by atoms with E-state index >= 15 is 0 Å². The largest absolute Gasteiger partial charge is 0.342 e. The van der Waals surface area contributed by atoms with Gasteiger partial charge in [-0.05, 0) is 57.5 Å². The molecule has 5 heteroatoms. The van der Waals surface area contributed by atoms with Crippen LogP contribution in [0.1, 0.15) is 51.9 Å². The Bertz CT molecular complexity index is 505. The van der Waals surface area contributed by atoms with Gasteiger partial charge >= 0.3 is 0 Å². The van der Waals surface area contributed by atoms with Gasteiger partial charge in [-0.15, -0.1) is 0 Å². The van der Waals surface area contributed by atoms with Crippen LogP contribution in [0.3, 0.4) is 0 Å². The number of hydrogen-bond acceptors (Lipinski definition) is 3. The number of amides is 2. The second-order valence-corrected chi connectivity index (χ2v) is 8.22. The molecule has 3 atom stereocenters. The molecule has 1 aliphatic carbocycles. The Morgan fingerprint density at radius 2 is 1.83 bits per heavy atom. The molecule has 0 N–H and O–H groups in total. The maximum absolute atomic E-state index is 13.1. The van der Waals surface area contributed by atoms with Crippen LogP contribution >= 0.6 is 0 Å². The molecule has 134 valence electrons. The van der Waals surface area contributed by atoms with Gasteiger partial charge in [-0.3, -0.25) is 14.5 Å². The summed E-state index contributed by atoms with van der Waals surface area (Å²) in [5.41, 5.74) is 0. The number of carbonyl (C=O) groups excluding carboxylic acids is 2. The van der Waals surface area contributed by atoms with Crippen LogP contribution in [0.25, 0.3) is 0 Å². The van der Waals surface area contributed by atoms with Crippen molar-refractivity contribution in [3.05, 3.63) is 0 Å². The molecular weight excluding hydrogens is 302 g/mol. The van der Waals surface area contributed by atoms with Gasteiger partial charge in [0.1, 0.15) is 0 Å². The highest BCUT2D eigenvalue weighted by Crippen LogP contribution is 2.34. The van der Waals surface area contributed by atoms with Crippen LogP contribution in [0.5, 0.6) is 0 Å². The highest BCUT2D eigenvalue weighted by atomic mass is 16.2. The van der Waals surface area contributed by atoms with Gasteiger partial charge in [0.2, 0.25) is 11.8 Å². The van der Waals surface area contributed by atoms with Crippen LogP contribution in [0, 0.1) is 11.8 Å². The molecule has 0 aromatic heterocycles. The summed E-state index contributed by atoms with van der Waals surface area (Å²) in [6.07, 6.45) is 7.69. The Hall–Kier alpha value is -1.10. The molecule has 2 amide bonds. The first-order valence-corrected chi connectivity index (χ1v) is 9.99. The number of nitrogens with zero attached hydrogens (tertiary/aromatic N) is 3. The van der Waals surface area contributed by atoms with Crippen molar-refractivity contribution in [1.29, 1.82) is 0 Å². The van der Waals surface area contributed by atoms with E-state index < -0.39 is 0 Å². The van der Waals surface area contributed by atoms with Crippen molar-refractivity contribution in [2.75, 3.05) is 32.7 Å². The maximum atomic E-state index is 13.1. The van der Waals surface area contributed by atoms with Gasteiger partial charge in [0.15, 0.2) is 0 Å². The standard InChI is InChI=1S/C19H31N3O2/c1-2-20-9-3-5-16(20)17-6-4-10-22(17)19(24)15-11-18(23)21(13-15)12-14-7-8-14/h14-17H,2-13H2,1H3/t15-,16+,17+/m0/s1. The third-order valence-electron chi connectivity index (χ3n) is 6.59. The third kappa shape index (κ3) is 3.07. The normalized spacial score (nSPS) is 34.5. The Morgan fingerprint density at radius 3 is 2.58 bits per heavy atom. The molecular formula is C19H31N3O2. The number of rotatable bonds is 5. The van der Waals surface area contributed by atoms with Crippen LogP contribution in [0.15, 0.2) is 0 Å². The summed E-state index contributed by atoms with van der Waals surface area (Å²) in [5, 5.41) is 0. The highest BCUT2D eigenvalue weighted by molar-refractivity contribution is 5.89. The second-order valence-electron chi connectivity index (χ2n) is 8.22. The van der Waals surface area contributed by atoms with Crippen LogP contribution < -0.4 is 0 Å². The summed E-state index contributed by atoms with van der Waals surface area (Å²) in [4.78, 5) is 32.0. The molecule has 0 bridgehead atoms. The Labute approximate surface area is 145 Å². The molecule has 4 aliphatic rings. The molecule has 1 saturated carbocycles. The summed E-state index contributed by atoms with van der Waals surface area (Å²) in [6.45, 7) is 6.94. The monoisotopic (exact) mass is 333 g/mol. The highest BCUT2D eigenvalue weighted by Gasteiger charge is 2.44. The fourth-order valence-electron chi connectivity index (χ4n) is 5.11. The first-order valence-electron chi connectivity index (χ1n) is 9.99. The first kappa shape index (κ1) is 16.4. The minimum atomic E-state index is -0.0895. The summed E-state index contributed by atoms with van der Waals surface area (Å²) >= 11 is 0. The molecule has 4 fully saturated rings. The van der Waals surface area contributed by atoms with E-state index in [9.17, 15) is 9.59 Å². The fourth-order valence-corrected chi connectivity index (χ4v) is 5.11. The maximum Gasteiger partial charge on any atom is 0.228 e. The second kappa shape index (κ2) is 6.66. The SMILES string of the molecule is CCN1CCC[C@@H]1[C@H]1CCCN1C(=O)[C@H]1CC(=O)N(CC2CC2)C1. The third-order valence-corrected chi connectivity index (χ3v) is 6.59. The molecule has 0 aromatic rings. The molecule has 4 rings (SSSR count). The average Bonchev–Trinajstić information content (AvgIpc) is 2.99. The van der Waals surface area contributed by atoms with Crippen LogP contribution in [0.4, 0.5) is 0 Å². The van der Waals surface area contributed by atoms with E-state index in [2.05, 4.69) is 16.7 Å². The summed E-state index contributed by atoms with van der Waals surface area (Å²) in [6, 6.07) is 0.925. The zero-order chi connectivity index (χ0) is 16.7. The average molecular weight is 333 g/mol. The van der Waals surface area contributed by atoms with E-state index in [1.807, 2.05) is 4.90 Å². The van der Waals surface area contributed by atoms with Crippen LogP contribution in [-0.4, -0.2) is 71.3 Å². The van der Waals surface area contributed by atoms with E-state index in [0.29, 0.717) is 31.0 Å².